The number of anilines is 2. The van der Waals surface area contributed by atoms with Gasteiger partial charge in [0.25, 0.3) is 5.91 Å². The minimum Gasteiger partial charge on any atom is -0.352 e. The molecule has 3 rings (SSSR count). The molecule has 2 aromatic rings. The van der Waals surface area contributed by atoms with Crippen LogP contribution in [0.15, 0.2) is 53.0 Å². The van der Waals surface area contributed by atoms with Crippen LogP contribution in [0.5, 0.6) is 0 Å². The molecule has 28 heavy (non-hydrogen) atoms. The van der Waals surface area contributed by atoms with Gasteiger partial charge >= 0.3 is 0 Å². The molecule has 2 aromatic carbocycles. The van der Waals surface area contributed by atoms with Crippen molar-refractivity contribution in [3.8, 4) is 0 Å². The first-order valence-corrected chi connectivity index (χ1v) is 10.1. The molecule has 0 atom stereocenters. The highest BCUT2D eigenvalue weighted by atomic mass is 79.9. The van der Waals surface area contributed by atoms with E-state index in [2.05, 4.69) is 26.6 Å². The number of hydrogen-bond acceptors (Lipinski definition) is 3. The van der Waals surface area contributed by atoms with Crippen molar-refractivity contribution in [3.63, 3.8) is 0 Å². The van der Waals surface area contributed by atoms with Gasteiger partial charge in [0, 0.05) is 47.3 Å². The van der Waals surface area contributed by atoms with Crippen LogP contribution in [0, 0.1) is 0 Å². The van der Waals surface area contributed by atoms with Crippen molar-refractivity contribution in [1.82, 2.24) is 5.32 Å². The highest BCUT2D eigenvalue weighted by molar-refractivity contribution is 9.10. The van der Waals surface area contributed by atoms with Crippen molar-refractivity contribution >= 4 is 45.0 Å². The Kier molecular flexibility index (Phi) is 6.81. The fourth-order valence-electron chi connectivity index (χ4n) is 3.05. The van der Waals surface area contributed by atoms with E-state index in [1.165, 1.54) is 0 Å². The molecule has 0 aromatic heterocycles. The molecule has 146 valence electrons. The van der Waals surface area contributed by atoms with Crippen molar-refractivity contribution in [2.45, 2.75) is 25.7 Å². The second-order valence-electron chi connectivity index (χ2n) is 6.61. The van der Waals surface area contributed by atoms with Crippen LogP contribution in [-0.2, 0) is 9.59 Å². The van der Waals surface area contributed by atoms with Gasteiger partial charge in [0.15, 0.2) is 0 Å². The SMILES string of the molecule is O=C(CCNC(=O)c1ccc(Br)cc1)Nc1cccc(N2CCCCC2=O)c1. The number of amides is 3. The standard InChI is InChI=1S/C21H22BrN3O3/c22-16-9-7-15(8-10-16)21(28)23-12-11-19(26)24-17-4-3-5-18(14-17)25-13-2-1-6-20(25)27/h3-5,7-10,14H,1-2,6,11-13H2,(H,23,28)(H,24,26). The number of carbonyl (C=O) groups excluding carboxylic acids is 3. The van der Waals surface area contributed by atoms with E-state index in [1.54, 1.807) is 35.2 Å². The normalized spacial score (nSPS) is 13.9. The van der Waals surface area contributed by atoms with Gasteiger partial charge < -0.3 is 15.5 Å². The number of nitrogens with one attached hydrogen (secondary N) is 2. The Morgan fingerprint density at radius 2 is 1.86 bits per heavy atom. The molecule has 0 spiro atoms. The zero-order chi connectivity index (χ0) is 19.9. The molecular weight excluding hydrogens is 422 g/mol. The maximum Gasteiger partial charge on any atom is 0.251 e. The second kappa shape index (κ2) is 9.50. The van der Waals surface area contributed by atoms with E-state index in [0.29, 0.717) is 24.2 Å². The molecule has 7 heteroatoms. The number of halogens is 1. The monoisotopic (exact) mass is 443 g/mol. The molecule has 0 radical (unpaired) electrons. The van der Waals surface area contributed by atoms with Crippen LogP contribution < -0.4 is 15.5 Å². The van der Waals surface area contributed by atoms with Crippen LogP contribution >= 0.6 is 15.9 Å². The molecule has 1 heterocycles. The zero-order valence-corrected chi connectivity index (χ0v) is 17.0. The summed E-state index contributed by atoms with van der Waals surface area (Å²) in [6, 6.07) is 14.3. The largest absolute Gasteiger partial charge is 0.352 e. The number of nitrogens with zero attached hydrogens (tertiary/aromatic N) is 1. The fraction of sp³-hybridized carbons (Fsp3) is 0.286. The van der Waals surface area contributed by atoms with Crippen molar-refractivity contribution in [1.29, 1.82) is 0 Å². The van der Waals surface area contributed by atoms with E-state index >= 15 is 0 Å². The summed E-state index contributed by atoms with van der Waals surface area (Å²) < 4.78 is 0.900. The number of rotatable bonds is 6. The molecule has 1 fully saturated rings. The molecular formula is C21H22BrN3O3. The van der Waals surface area contributed by atoms with Crippen LogP contribution in [-0.4, -0.2) is 30.8 Å². The molecule has 0 unspecified atom stereocenters. The number of benzene rings is 2. The van der Waals surface area contributed by atoms with Gasteiger partial charge in [-0.3, -0.25) is 14.4 Å². The summed E-state index contributed by atoms with van der Waals surface area (Å²) in [5.74, 6) is -0.297. The molecule has 0 saturated carbocycles. The fourth-order valence-corrected chi connectivity index (χ4v) is 3.31. The Morgan fingerprint density at radius 1 is 1.07 bits per heavy atom. The van der Waals surface area contributed by atoms with Gasteiger partial charge in [-0.25, -0.2) is 0 Å². The molecule has 0 aliphatic carbocycles. The van der Waals surface area contributed by atoms with Gasteiger partial charge in [-0.1, -0.05) is 22.0 Å². The molecule has 6 nitrogen and oxygen atoms in total. The van der Waals surface area contributed by atoms with Gasteiger partial charge in [-0.05, 0) is 55.3 Å². The van der Waals surface area contributed by atoms with E-state index in [0.717, 1.165) is 23.0 Å². The summed E-state index contributed by atoms with van der Waals surface area (Å²) >= 11 is 3.33. The predicted octanol–water partition coefficient (Wildman–Crippen LogP) is 3.72. The summed E-state index contributed by atoms with van der Waals surface area (Å²) in [7, 11) is 0. The molecule has 2 N–H and O–H groups in total. The first-order chi connectivity index (χ1) is 13.5. The Hall–Kier alpha value is -2.67. The lowest BCUT2D eigenvalue weighted by Crippen LogP contribution is -2.35. The molecule has 3 amide bonds. The third kappa shape index (κ3) is 5.42. The summed E-state index contributed by atoms with van der Waals surface area (Å²) in [5, 5.41) is 5.56. The van der Waals surface area contributed by atoms with Crippen LogP contribution in [0.25, 0.3) is 0 Å². The highest BCUT2D eigenvalue weighted by Gasteiger charge is 2.19. The molecule has 1 aliphatic heterocycles. The first kappa shape index (κ1) is 20.1. The van der Waals surface area contributed by atoms with E-state index in [-0.39, 0.29) is 30.7 Å². The van der Waals surface area contributed by atoms with E-state index in [1.807, 2.05) is 18.2 Å². The Labute approximate surface area is 172 Å². The van der Waals surface area contributed by atoms with Gasteiger partial charge in [0.1, 0.15) is 0 Å². The number of carbonyl (C=O) groups is 3. The minimum absolute atomic E-state index is 0.116. The van der Waals surface area contributed by atoms with Crippen LogP contribution in [0.4, 0.5) is 11.4 Å². The average molecular weight is 444 g/mol. The third-order valence-corrected chi connectivity index (χ3v) is 5.04. The Balaban J connectivity index is 1.49. The predicted molar refractivity (Wildman–Crippen MR) is 112 cm³/mol. The van der Waals surface area contributed by atoms with Gasteiger partial charge in [-0.2, -0.15) is 0 Å². The number of piperidine rings is 1. The van der Waals surface area contributed by atoms with E-state index in [9.17, 15) is 14.4 Å². The lowest BCUT2D eigenvalue weighted by molar-refractivity contribution is -0.119. The summed E-state index contributed by atoms with van der Waals surface area (Å²) in [4.78, 5) is 38.1. The topological polar surface area (TPSA) is 78.5 Å². The second-order valence-corrected chi connectivity index (χ2v) is 7.53. The van der Waals surface area contributed by atoms with Crippen molar-refractivity contribution in [3.05, 3.63) is 58.6 Å². The maximum atomic E-state index is 12.2. The van der Waals surface area contributed by atoms with E-state index < -0.39 is 0 Å². The maximum absolute atomic E-state index is 12.2. The lowest BCUT2D eigenvalue weighted by Gasteiger charge is -2.27. The van der Waals surface area contributed by atoms with Crippen molar-refractivity contribution in [2.24, 2.45) is 0 Å². The smallest absolute Gasteiger partial charge is 0.251 e. The zero-order valence-electron chi connectivity index (χ0n) is 15.4. The molecule has 1 aliphatic rings. The molecule has 0 bridgehead atoms. The minimum atomic E-state index is -0.217. The van der Waals surface area contributed by atoms with E-state index in [4.69, 9.17) is 0 Å². The van der Waals surface area contributed by atoms with Crippen LogP contribution in [0.3, 0.4) is 0 Å². The highest BCUT2D eigenvalue weighted by Crippen LogP contribution is 2.23. The lowest BCUT2D eigenvalue weighted by atomic mass is 10.1. The quantitative estimate of drug-likeness (QED) is 0.713. The van der Waals surface area contributed by atoms with Crippen LogP contribution in [0.2, 0.25) is 0 Å². The Bertz CT molecular complexity index is 867. The van der Waals surface area contributed by atoms with Gasteiger partial charge in [0.2, 0.25) is 11.8 Å². The summed E-state index contributed by atoms with van der Waals surface area (Å²) in [5.41, 5.74) is 1.98. The van der Waals surface area contributed by atoms with Crippen molar-refractivity contribution in [2.75, 3.05) is 23.3 Å². The van der Waals surface area contributed by atoms with Gasteiger partial charge in [0.05, 0.1) is 0 Å². The van der Waals surface area contributed by atoms with Gasteiger partial charge in [-0.15, -0.1) is 0 Å². The average Bonchev–Trinajstić information content (AvgIpc) is 2.69. The Morgan fingerprint density at radius 3 is 2.61 bits per heavy atom. The van der Waals surface area contributed by atoms with Crippen molar-refractivity contribution < 1.29 is 14.4 Å². The third-order valence-electron chi connectivity index (χ3n) is 4.51. The first-order valence-electron chi connectivity index (χ1n) is 9.27. The number of hydrogen-bond donors (Lipinski definition) is 2. The van der Waals surface area contributed by atoms with Crippen LogP contribution in [0.1, 0.15) is 36.0 Å². The molecule has 1 saturated heterocycles. The summed E-state index contributed by atoms with van der Waals surface area (Å²) in [6.07, 6.45) is 2.64. The summed E-state index contributed by atoms with van der Waals surface area (Å²) in [6.45, 7) is 0.948.